The van der Waals surface area contributed by atoms with Crippen LogP contribution >= 0.6 is 0 Å². The zero-order valence-corrected chi connectivity index (χ0v) is 10.9. The van der Waals surface area contributed by atoms with Gasteiger partial charge in [-0.25, -0.2) is 9.48 Å². The molecule has 20 heavy (non-hydrogen) atoms. The van der Waals surface area contributed by atoms with E-state index in [2.05, 4.69) is 10.3 Å². The van der Waals surface area contributed by atoms with Gasteiger partial charge in [-0.05, 0) is 24.1 Å². The van der Waals surface area contributed by atoms with E-state index in [0.29, 0.717) is 24.2 Å². The number of nitrogens with two attached hydrogens (primary N) is 1. The van der Waals surface area contributed by atoms with E-state index in [9.17, 15) is 9.59 Å². The molecule has 7 heteroatoms. The van der Waals surface area contributed by atoms with Gasteiger partial charge in [-0.1, -0.05) is 24.3 Å². The predicted octanol–water partition coefficient (Wildman–Crippen LogP) is 0.686. The van der Waals surface area contributed by atoms with Crippen molar-refractivity contribution in [2.24, 2.45) is 5.73 Å². The summed E-state index contributed by atoms with van der Waals surface area (Å²) in [6.45, 7) is 2.17. The molecule has 0 aliphatic heterocycles. The average Bonchev–Trinajstić information content (AvgIpc) is 2.82. The molecule has 2 aromatic rings. The lowest BCUT2D eigenvalue weighted by atomic mass is 10.1. The van der Waals surface area contributed by atoms with Crippen molar-refractivity contribution in [1.29, 1.82) is 0 Å². The number of carbonyl (C=O) groups is 2. The standard InChI is InChI=1S/C13H14N4O3/c1-2-10-11(13(19)20)15-16-17(10)7-8-4-3-5-9(6-8)12(14)18/h3-6H,2,7H2,1H3,(H2,14,18)(H,19,20). The molecule has 7 nitrogen and oxygen atoms in total. The van der Waals surface area contributed by atoms with E-state index in [1.165, 1.54) is 4.68 Å². The number of benzene rings is 1. The minimum absolute atomic E-state index is 0.0430. The van der Waals surface area contributed by atoms with Crippen LogP contribution in [0.1, 0.15) is 39.0 Å². The zero-order chi connectivity index (χ0) is 14.7. The molecule has 1 aromatic carbocycles. The van der Waals surface area contributed by atoms with Crippen LogP contribution in [-0.4, -0.2) is 32.0 Å². The molecule has 1 amide bonds. The van der Waals surface area contributed by atoms with Crippen LogP contribution in [0.2, 0.25) is 0 Å². The Balaban J connectivity index is 2.33. The Morgan fingerprint density at radius 2 is 2.15 bits per heavy atom. The van der Waals surface area contributed by atoms with Crippen LogP contribution in [0.4, 0.5) is 0 Å². The number of rotatable bonds is 5. The Kier molecular flexibility index (Phi) is 3.79. The van der Waals surface area contributed by atoms with Crippen molar-refractivity contribution < 1.29 is 14.7 Å². The fraction of sp³-hybridized carbons (Fsp3) is 0.231. The van der Waals surface area contributed by atoms with Crippen LogP contribution in [0.25, 0.3) is 0 Å². The summed E-state index contributed by atoms with van der Waals surface area (Å²) in [5, 5.41) is 16.5. The van der Waals surface area contributed by atoms with E-state index in [1.54, 1.807) is 18.2 Å². The van der Waals surface area contributed by atoms with Gasteiger partial charge >= 0.3 is 5.97 Å². The molecular formula is C13H14N4O3. The smallest absolute Gasteiger partial charge is 0.358 e. The van der Waals surface area contributed by atoms with Gasteiger partial charge in [0.05, 0.1) is 12.2 Å². The summed E-state index contributed by atoms with van der Waals surface area (Å²) in [6, 6.07) is 6.81. The Hall–Kier alpha value is -2.70. The van der Waals surface area contributed by atoms with Gasteiger partial charge < -0.3 is 10.8 Å². The number of hydrogen-bond acceptors (Lipinski definition) is 4. The first-order chi connectivity index (χ1) is 9.52. The van der Waals surface area contributed by atoms with E-state index < -0.39 is 11.9 Å². The summed E-state index contributed by atoms with van der Waals surface area (Å²) in [6.07, 6.45) is 0.504. The van der Waals surface area contributed by atoms with Crippen molar-refractivity contribution in [3.05, 3.63) is 46.8 Å². The van der Waals surface area contributed by atoms with Crippen LogP contribution in [0.3, 0.4) is 0 Å². The highest BCUT2D eigenvalue weighted by molar-refractivity contribution is 5.92. The molecule has 0 saturated heterocycles. The first kappa shape index (κ1) is 13.7. The van der Waals surface area contributed by atoms with Crippen molar-refractivity contribution in [3.63, 3.8) is 0 Å². The molecule has 0 saturated carbocycles. The lowest BCUT2D eigenvalue weighted by Gasteiger charge is -2.06. The molecule has 0 fully saturated rings. The second-order valence-electron chi connectivity index (χ2n) is 4.27. The molecule has 1 aromatic heterocycles. The molecular weight excluding hydrogens is 260 g/mol. The van der Waals surface area contributed by atoms with Gasteiger partial charge in [-0.3, -0.25) is 4.79 Å². The van der Waals surface area contributed by atoms with Crippen molar-refractivity contribution >= 4 is 11.9 Å². The maximum absolute atomic E-state index is 11.1. The topological polar surface area (TPSA) is 111 Å². The average molecular weight is 274 g/mol. The van der Waals surface area contributed by atoms with Gasteiger partial charge in [0.2, 0.25) is 5.91 Å². The van der Waals surface area contributed by atoms with Crippen LogP contribution in [-0.2, 0) is 13.0 Å². The lowest BCUT2D eigenvalue weighted by molar-refractivity contribution is 0.0689. The fourth-order valence-electron chi connectivity index (χ4n) is 1.97. The van der Waals surface area contributed by atoms with E-state index in [4.69, 9.17) is 10.8 Å². The normalized spacial score (nSPS) is 10.4. The van der Waals surface area contributed by atoms with Crippen molar-refractivity contribution in [1.82, 2.24) is 15.0 Å². The monoisotopic (exact) mass is 274 g/mol. The number of hydrogen-bond donors (Lipinski definition) is 2. The highest BCUT2D eigenvalue weighted by Crippen LogP contribution is 2.11. The number of carboxylic acid groups (broad SMARTS) is 1. The molecule has 0 radical (unpaired) electrons. The first-order valence-electron chi connectivity index (χ1n) is 6.07. The van der Waals surface area contributed by atoms with E-state index in [-0.39, 0.29) is 5.69 Å². The Morgan fingerprint density at radius 3 is 2.75 bits per heavy atom. The second kappa shape index (κ2) is 5.52. The third-order valence-corrected chi connectivity index (χ3v) is 2.92. The summed E-state index contributed by atoms with van der Waals surface area (Å²) in [7, 11) is 0. The first-order valence-corrected chi connectivity index (χ1v) is 6.07. The molecule has 2 rings (SSSR count). The number of primary amides is 1. The summed E-state index contributed by atoms with van der Waals surface area (Å²) < 4.78 is 1.52. The maximum atomic E-state index is 11.1. The maximum Gasteiger partial charge on any atom is 0.358 e. The Morgan fingerprint density at radius 1 is 1.40 bits per heavy atom. The van der Waals surface area contributed by atoms with E-state index >= 15 is 0 Å². The molecule has 0 spiro atoms. The minimum Gasteiger partial charge on any atom is -0.476 e. The van der Waals surface area contributed by atoms with Gasteiger partial charge in [-0.2, -0.15) is 0 Å². The summed E-state index contributed by atoms with van der Waals surface area (Å²) >= 11 is 0. The minimum atomic E-state index is -1.10. The number of carbonyl (C=O) groups excluding carboxylic acids is 1. The molecule has 0 bridgehead atoms. The van der Waals surface area contributed by atoms with Crippen molar-refractivity contribution in [3.8, 4) is 0 Å². The molecule has 0 unspecified atom stereocenters. The number of aromatic nitrogens is 3. The number of carboxylic acids is 1. The fourth-order valence-corrected chi connectivity index (χ4v) is 1.97. The molecule has 3 N–H and O–H groups in total. The van der Waals surface area contributed by atoms with Gasteiger partial charge in [0.15, 0.2) is 5.69 Å². The Bertz CT molecular complexity index is 663. The zero-order valence-electron chi connectivity index (χ0n) is 10.9. The van der Waals surface area contributed by atoms with Gasteiger partial charge in [0.1, 0.15) is 0 Å². The van der Waals surface area contributed by atoms with Crippen LogP contribution in [0, 0.1) is 0 Å². The Labute approximate surface area is 115 Å². The van der Waals surface area contributed by atoms with Crippen molar-refractivity contribution in [2.45, 2.75) is 19.9 Å². The molecule has 0 atom stereocenters. The van der Waals surface area contributed by atoms with Gasteiger partial charge in [0.25, 0.3) is 0 Å². The SMILES string of the molecule is CCc1c(C(=O)O)nnn1Cc1cccc(C(N)=O)c1. The van der Waals surface area contributed by atoms with Crippen molar-refractivity contribution in [2.75, 3.05) is 0 Å². The van der Waals surface area contributed by atoms with Crippen LogP contribution in [0.5, 0.6) is 0 Å². The molecule has 1 heterocycles. The number of nitrogens with zero attached hydrogens (tertiary/aromatic N) is 3. The third-order valence-electron chi connectivity index (χ3n) is 2.92. The van der Waals surface area contributed by atoms with Gasteiger partial charge in [0, 0.05) is 5.56 Å². The van der Waals surface area contributed by atoms with E-state index in [1.807, 2.05) is 13.0 Å². The third kappa shape index (κ3) is 2.66. The summed E-state index contributed by atoms with van der Waals surface area (Å²) in [5.74, 6) is -1.61. The number of aromatic carboxylic acids is 1. The lowest BCUT2D eigenvalue weighted by Crippen LogP contribution is -2.12. The second-order valence-corrected chi connectivity index (χ2v) is 4.27. The predicted molar refractivity (Wildman–Crippen MR) is 70.4 cm³/mol. The van der Waals surface area contributed by atoms with Crippen LogP contribution < -0.4 is 5.73 Å². The summed E-state index contributed by atoms with van der Waals surface area (Å²) in [5.41, 5.74) is 6.93. The molecule has 104 valence electrons. The quantitative estimate of drug-likeness (QED) is 0.833. The molecule has 0 aliphatic carbocycles. The summed E-state index contributed by atoms with van der Waals surface area (Å²) in [4.78, 5) is 22.1. The van der Waals surface area contributed by atoms with Gasteiger partial charge in [-0.15, -0.1) is 5.10 Å². The number of amides is 1. The highest BCUT2D eigenvalue weighted by Gasteiger charge is 2.17. The van der Waals surface area contributed by atoms with Crippen LogP contribution in [0.15, 0.2) is 24.3 Å². The molecule has 0 aliphatic rings. The largest absolute Gasteiger partial charge is 0.476 e. The van der Waals surface area contributed by atoms with E-state index in [0.717, 1.165) is 5.56 Å². The highest BCUT2D eigenvalue weighted by atomic mass is 16.4.